The van der Waals surface area contributed by atoms with Gasteiger partial charge < -0.3 is 10.6 Å². The predicted octanol–water partition coefficient (Wildman–Crippen LogP) is 3.84. The van der Waals surface area contributed by atoms with Crippen molar-refractivity contribution >= 4 is 11.6 Å². The quantitative estimate of drug-likeness (QED) is 0.835. The van der Waals surface area contributed by atoms with E-state index in [0.717, 1.165) is 48.2 Å². The Morgan fingerprint density at radius 1 is 1.24 bits per heavy atom. The van der Waals surface area contributed by atoms with Gasteiger partial charge in [0.1, 0.15) is 17.5 Å². The van der Waals surface area contributed by atoms with Crippen LogP contribution >= 0.6 is 0 Å². The van der Waals surface area contributed by atoms with Crippen molar-refractivity contribution in [1.29, 1.82) is 0 Å². The summed E-state index contributed by atoms with van der Waals surface area (Å²) < 4.78 is 0. The molecule has 0 aromatic carbocycles. The number of aromatic nitrogens is 2. The minimum absolute atomic E-state index is 0.508. The third-order valence-corrected chi connectivity index (χ3v) is 5.20. The van der Waals surface area contributed by atoms with E-state index in [1.54, 1.807) is 0 Å². The highest BCUT2D eigenvalue weighted by molar-refractivity contribution is 5.48. The van der Waals surface area contributed by atoms with Crippen molar-refractivity contribution in [2.75, 3.05) is 17.2 Å². The number of anilines is 2. The minimum atomic E-state index is 0.508. The first-order chi connectivity index (χ1) is 10.2. The summed E-state index contributed by atoms with van der Waals surface area (Å²) in [6.45, 7) is 7.40. The largest absolute Gasteiger partial charge is 0.370 e. The zero-order valence-electron chi connectivity index (χ0n) is 13.5. The molecule has 2 bridgehead atoms. The Morgan fingerprint density at radius 3 is 2.71 bits per heavy atom. The molecule has 0 spiro atoms. The topological polar surface area (TPSA) is 49.8 Å². The van der Waals surface area contributed by atoms with Crippen molar-refractivity contribution in [3.05, 3.63) is 11.9 Å². The van der Waals surface area contributed by atoms with Crippen LogP contribution < -0.4 is 10.6 Å². The molecule has 4 atom stereocenters. The highest BCUT2D eigenvalue weighted by Crippen LogP contribution is 2.49. The minimum Gasteiger partial charge on any atom is -0.370 e. The van der Waals surface area contributed by atoms with Crippen molar-refractivity contribution in [3.63, 3.8) is 0 Å². The van der Waals surface area contributed by atoms with Gasteiger partial charge in [0.15, 0.2) is 0 Å². The summed E-state index contributed by atoms with van der Waals surface area (Å²) in [5.41, 5.74) is 0. The van der Waals surface area contributed by atoms with E-state index in [1.807, 2.05) is 13.0 Å². The lowest BCUT2D eigenvalue weighted by Crippen LogP contribution is -2.30. The van der Waals surface area contributed by atoms with Crippen LogP contribution in [0.25, 0.3) is 0 Å². The number of nitrogens with zero attached hydrogens (tertiary/aromatic N) is 2. The van der Waals surface area contributed by atoms with E-state index in [1.165, 1.54) is 25.7 Å². The first kappa shape index (κ1) is 14.6. The SMILES string of the molecule is CCCNc1cc(NC(C)C2CC3CCC2C3)nc(C)n1. The van der Waals surface area contributed by atoms with Gasteiger partial charge >= 0.3 is 0 Å². The average molecular weight is 288 g/mol. The molecule has 0 saturated heterocycles. The zero-order valence-corrected chi connectivity index (χ0v) is 13.5. The molecule has 2 N–H and O–H groups in total. The molecule has 1 aromatic rings. The van der Waals surface area contributed by atoms with Gasteiger partial charge in [-0.25, -0.2) is 9.97 Å². The van der Waals surface area contributed by atoms with Crippen molar-refractivity contribution in [3.8, 4) is 0 Å². The fourth-order valence-corrected chi connectivity index (χ4v) is 4.23. The molecule has 1 aromatic heterocycles. The fraction of sp³-hybridized carbons (Fsp3) is 0.765. The molecule has 3 rings (SSSR count). The summed E-state index contributed by atoms with van der Waals surface area (Å²) in [6.07, 6.45) is 6.87. The Morgan fingerprint density at radius 2 is 2.05 bits per heavy atom. The maximum atomic E-state index is 4.55. The lowest BCUT2D eigenvalue weighted by Gasteiger charge is -2.29. The van der Waals surface area contributed by atoms with Gasteiger partial charge in [0, 0.05) is 18.7 Å². The van der Waals surface area contributed by atoms with Crippen LogP contribution in [-0.2, 0) is 0 Å². The average Bonchev–Trinajstić information content (AvgIpc) is 3.07. The maximum absolute atomic E-state index is 4.55. The van der Waals surface area contributed by atoms with Gasteiger partial charge in [-0.2, -0.15) is 0 Å². The Hall–Kier alpha value is -1.32. The molecule has 21 heavy (non-hydrogen) atoms. The summed E-state index contributed by atoms with van der Waals surface area (Å²) >= 11 is 0. The summed E-state index contributed by atoms with van der Waals surface area (Å²) in [6, 6.07) is 2.56. The molecule has 0 radical (unpaired) electrons. The second kappa shape index (κ2) is 6.20. The Kier molecular flexibility index (Phi) is 4.32. The summed E-state index contributed by atoms with van der Waals surface area (Å²) in [5.74, 6) is 5.50. The molecule has 2 fully saturated rings. The highest BCUT2D eigenvalue weighted by atomic mass is 15.1. The maximum Gasteiger partial charge on any atom is 0.132 e. The molecule has 4 nitrogen and oxygen atoms in total. The van der Waals surface area contributed by atoms with Crippen molar-refractivity contribution in [2.45, 2.75) is 58.9 Å². The zero-order chi connectivity index (χ0) is 14.8. The fourth-order valence-electron chi connectivity index (χ4n) is 4.23. The van der Waals surface area contributed by atoms with Crippen LogP contribution in [-0.4, -0.2) is 22.6 Å². The van der Waals surface area contributed by atoms with E-state index >= 15 is 0 Å². The molecule has 4 unspecified atom stereocenters. The standard InChI is InChI=1S/C17H28N4/c1-4-7-18-16-10-17(21-12(3)20-16)19-11(2)15-9-13-5-6-14(15)8-13/h10-11,13-15H,4-9H2,1-3H3,(H2,18,19,20,21). The monoisotopic (exact) mass is 288 g/mol. The molecule has 2 aliphatic rings. The number of hydrogen-bond donors (Lipinski definition) is 2. The van der Waals surface area contributed by atoms with Crippen LogP contribution in [0.1, 0.15) is 51.8 Å². The second-order valence-corrected chi connectivity index (χ2v) is 6.88. The van der Waals surface area contributed by atoms with Gasteiger partial charge in [-0.1, -0.05) is 13.3 Å². The number of fused-ring (bicyclic) bond motifs is 2. The van der Waals surface area contributed by atoms with E-state index in [9.17, 15) is 0 Å². The lowest BCUT2D eigenvalue weighted by atomic mass is 9.84. The molecule has 4 heteroatoms. The van der Waals surface area contributed by atoms with E-state index < -0.39 is 0 Å². The molecule has 1 heterocycles. The molecule has 116 valence electrons. The van der Waals surface area contributed by atoms with Crippen molar-refractivity contribution in [2.24, 2.45) is 17.8 Å². The lowest BCUT2D eigenvalue weighted by molar-refractivity contribution is 0.304. The van der Waals surface area contributed by atoms with Crippen LogP contribution in [0.3, 0.4) is 0 Å². The van der Waals surface area contributed by atoms with Crippen LogP contribution in [0.15, 0.2) is 6.07 Å². The van der Waals surface area contributed by atoms with Crippen LogP contribution in [0.4, 0.5) is 11.6 Å². The van der Waals surface area contributed by atoms with Gasteiger partial charge in [0.25, 0.3) is 0 Å². The molecule has 0 aliphatic heterocycles. The Balaban J connectivity index is 1.65. The second-order valence-electron chi connectivity index (χ2n) is 6.88. The van der Waals surface area contributed by atoms with Gasteiger partial charge in [0.05, 0.1) is 0 Å². The van der Waals surface area contributed by atoms with E-state index in [0.29, 0.717) is 6.04 Å². The predicted molar refractivity (Wildman–Crippen MR) is 87.6 cm³/mol. The number of nitrogens with one attached hydrogen (secondary N) is 2. The van der Waals surface area contributed by atoms with Crippen molar-refractivity contribution < 1.29 is 0 Å². The third-order valence-electron chi connectivity index (χ3n) is 5.20. The van der Waals surface area contributed by atoms with Gasteiger partial charge in [-0.15, -0.1) is 0 Å². The molecular formula is C17H28N4. The first-order valence-corrected chi connectivity index (χ1v) is 8.51. The summed E-state index contributed by atoms with van der Waals surface area (Å²) in [4.78, 5) is 9.01. The molecule has 2 saturated carbocycles. The van der Waals surface area contributed by atoms with Crippen molar-refractivity contribution in [1.82, 2.24) is 9.97 Å². The van der Waals surface area contributed by atoms with Gasteiger partial charge in [0.2, 0.25) is 0 Å². The first-order valence-electron chi connectivity index (χ1n) is 8.51. The Bertz CT molecular complexity index is 488. The van der Waals surface area contributed by atoms with Gasteiger partial charge in [-0.05, 0) is 57.3 Å². The molecular weight excluding hydrogens is 260 g/mol. The van der Waals surface area contributed by atoms with Crippen LogP contribution in [0, 0.1) is 24.7 Å². The van der Waals surface area contributed by atoms with E-state index in [2.05, 4.69) is 34.4 Å². The molecule has 2 aliphatic carbocycles. The van der Waals surface area contributed by atoms with Crippen LogP contribution in [0.2, 0.25) is 0 Å². The Labute approximate surface area is 128 Å². The third kappa shape index (κ3) is 3.30. The number of rotatable bonds is 6. The van der Waals surface area contributed by atoms with E-state index in [-0.39, 0.29) is 0 Å². The number of aryl methyl sites for hydroxylation is 1. The number of hydrogen-bond acceptors (Lipinski definition) is 4. The highest BCUT2D eigenvalue weighted by Gasteiger charge is 2.41. The van der Waals surface area contributed by atoms with Crippen LogP contribution in [0.5, 0.6) is 0 Å². The van der Waals surface area contributed by atoms with Gasteiger partial charge in [-0.3, -0.25) is 0 Å². The normalized spacial score (nSPS) is 28.6. The smallest absolute Gasteiger partial charge is 0.132 e. The summed E-state index contributed by atoms with van der Waals surface area (Å²) in [5, 5.41) is 6.99. The van der Waals surface area contributed by atoms with E-state index in [4.69, 9.17) is 0 Å². The molecule has 0 amide bonds. The summed E-state index contributed by atoms with van der Waals surface area (Å²) in [7, 11) is 0.